The summed E-state index contributed by atoms with van der Waals surface area (Å²) in [7, 11) is 4.98. The Bertz CT molecular complexity index is 256. The van der Waals surface area contributed by atoms with Gasteiger partial charge in [-0.3, -0.25) is 0 Å². The number of aliphatic imine (C=N–C) groups is 1. The van der Waals surface area contributed by atoms with Crippen molar-refractivity contribution in [2.24, 2.45) is 4.99 Å². The van der Waals surface area contributed by atoms with Crippen LogP contribution in [0.3, 0.4) is 0 Å². The number of hydrogen-bond acceptors (Lipinski definition) is 4. The van der Waals surface area contributed by atoms with Crippen molar-refractivity contribution < 1.29 is 9.47 Å². The zero-order valence-corrected chi connectivity index (χ0v) is 7.50. The predicted octanol–water partition coefficient (Wildman–Crippen LogP) is 0.936. The number of ether oxygens (including phenoxy) is 2. The van der Waals surface area contributed by atoms with Crippen LogP contribution in [0.15, 0.2) is 29.4 Å². The minimum Gasteiger partial charge on any atom is -0.482 e. The van der Waals surface area contributed by atoms with Crippen molar-refractivity contribution >= 4 is 5.90 Å². The second-order valence-corrected chi connectivity index (χ2v) is 2.32. The van der Waals surface area contributed by atoms with Crippen LogP contribution in [0.1, 0.15) is 0 Å². The van der Waals surface area contributed by atoms with E-state index in [1.165, 1.54) is 0 Å². The lowest BCUT2D eigenvalue weighted by molar-refractivity contribution is 0.193. The van der Waals surface area contributed by atoms with Crippen molar-refractivity contribution in [2.75, 3.05) is 21.3 Å². The molecule has 12 heavy (non-hydrogen) atoms. The van der Waals surface area contributed by atoms with E-state index in [1.807, 2.05) is 7.05 Å². The highest BCUT2D eigenvalue weighted by molar-refractivity contribution is 5.89. The van der Waals surface area contributed by atoms with E-state index < -0.39 is 0 Å². The van der Waals surface area contributed by atoms with E-state index in [2.05, 4.69) is 11.6 Å². The fraction of sp³-hybridized carbons (Fsp3) is 0.375. The van der Waals surface area contributed by atoms with Gasteiger partial charge in [0.05, 0.1) is 20.3 Å². The molecule has 0 aromatic heterocycles. The third-order valence-electron chi connectivity index (χ3n) is 1.62. The van der Waals surface area contributed by atoms with Crippen LogP contribution >= 0.6 is 0 Å². The van der Waals surface area contributed by atoms with Gasteiger partial charge in [0.1, 0.15) is 5.82 Å². The van der Waals surface area contributed by atoms with Crippen LogP contribution in [-0.2, 0) is 9.47 Å². The maximum Gasteiger partial charge on any atom is 0.220 e. The highest BCUT2D eigenvalue weighted by Gasteiger charge is 2.15. The Morgan fingerprint density at radius 3 is 2.58 bits per heavy atom. The molecule has 1 aliphatic rings. The molecule has 0 spiro atoms. The zero-order chi connectivity index (χ0) is 9.14. The van der Waals surface area contributed by atoms with Gasteiger partial charge in [0.15, 0.2) is 5.88 Å². The lowest BCUT2D eigenvalue weighted by Gasteiger charge is -2.23. The first-order chi connectivity index (χ1) is 5.69. The molecule has 1 rings (SSSR count). The van der Waals surface area contributed by atoms with Crippen molar-refractivity contribution in [3.05, 3.63) is 24.4 Å². The van der Waals surface area contributed by atoms with Crippen LogP contribution in [-0.4, -0.2) is 32.1 Å². The summed E-state index contributed by atoms with van der Waals surface area (Å²) in [6, 6.07) is 0. The van der Waals surface area contributed by atoms with Crippen molar-refractivity contribution in [1.29, 1.82) is 0 Å². The van der Waals surface area contributed by atoms with Gasteiger partial charge in [0.25, 0.3) is 0 Å². The van der Waals surface area contributed by atoms with Crippen LogP contribution in [0.2, 0.25) is 0 Å². The fourth-order valence-corrected chi connectivity index (χ4v) is 0.865. The molecule has 0 atom stereocenters. The Balaban J connectivity index is 2.92. The molecule has 0 saturated heterocycles. The average Bonchev–Trinajstić information content (AvgIpc) is 2.09. The first kappa shape index (κ1) is 8.64. The molecule has 0 bridgehead atoms. The SMILES string of the molecule is C=C1N=C(OC)C=C(OC)N1C. The first-order valence-electron chi connectivity index (χ1n) is 3.50. The first-order valence-corrected chi connectivity index (χ1v) is 3.50. The summed E-state index contributed by atoms with van der Waals surface area (Å²) in [6.45, 7) is 3.73. The molecule has 4 nitrogen and oxygen atoms in total. The summed E-state index contributed by atoms with van der Waals surface area (Å²) >= 11 is 0. The van der Waals surface area contributed by atoms with Crippen LogP contribution in [0.25, 0.3) is 0 Å². The number of nitrogens with zero attached hydrogens (tertiary/aromatic N) is 2. The zero-order valence-electron chi connectivity index (χ0n) is 7.50. The molecule has 0 unspecified atom stereocenters. The maximum absolute atomic E-state index is 5.07. The van der Waals surface area contributed by atoms with Gasteiger partial charge < -0.3 is 14.4 Å². The summed E-state index contributed by atoms with van der Waals surface area (Å²) in [5, 5.41) is 0. The highest BCUT2D eigenvalue weighted by atomic mass is 16.5. The van der Waals surface area contributed by atoms with Crippen LogP contribution < -0.4 is 0 Å². The van der Waals surface area contributed by atoms with Crippen molar-refractivity contribution in [2.45, 2.75) is 0 Å². The lowest BCUT2D eigenvalue weighted by Crippen LogP contribution is -2.22. The van der Waals surface area contributed by atoms with Crippen molar-refractivity contribution in [3.63, 3.8) is 0 Å². The quantitative estimate of drug-likeness (QED) is 0.584. The standard InChI is InChI=1S/C8H12N2O2/c1-6-9-7(11-3)5-8(12-4)10(6)2/h5H,1H2,2-4H3. The molecule has 1 heterocycles. The molecule has 0 aliphatic carbocycles. The Hall–Kier alpha value is -1.45. The van der Waals surface area contributed by atoms with E-state index >= 15 is 0 Å². The van der Waals surface area contributed by atoms with Crippen LogP contribution in [0.4, 0.5) is 0 Å². The maximum atomic E-state index is 5.07. The van der Waals surface area contributed by atoms with Gasteiger partial charge in [-0.2, -0.15) is 4.99 Å². The van der Waals surface area contributed by atoms with Gasteiger partial charge in [0, 0.05) is 7.05 Å². The topological polar surface area (TPSA) is 34.1 Å². The summed E-state index contributed by atoms with van der Waals surface area (Å²) < 4.78 is 10.0. The Morgan fingerprint density at radius 1 is 1.42 bits per heavy atom. The summed E-state index contributed by atoms with van der Waals surface area (Å²) in [5.41, 5.74) is 0. The van der Waals surface area contributed by atoms with Crippen molar-refractivity contribution in [1.82, 2.24) is 4.90 Å². The van der Waals surface area contributed by atoms with Crippen molar-refractivity contribution in [3.8, 4) is 0 Å². The Labute approximate surface area is 71.8 Å². The molecule has 0 saturated carbocycles. The molecule has 66 valence electrons. The second-order valence-electron chi connectivity index (χ2n) is 2.32. The molecule has 0 aromatic carbocycles. The number of rotatable bonds is 1. The molecular weight excluding hydrogens is 156 g/mol. The molecule has 0 fully saturated rings. The van der Waals surface area contributed by atoms with E-state index in [9.17, 15) is 0 Å². The number of methoxy groups -OCH3 is 2. The van der Waals surface area contributed by atoms with Crippen LogP contribution in [0, 0.1) is 0 Å². The van der Waals surface area contributed by atoms with Crippen LogP contribution in [0.5, 0.6) is 0 Å². The summed E-state index contributed by atoms with van der Waals surface area (Å²) in [5.74, 6) is 1.79. The van der Waals surface area contributed by atoms with Gasteiger partial charge in [-0.15, -0.1) is 0 Å². The molecular formula is C8H12N2O2. The molecule has 1 aliphatic heterocycles. The Morgan fingerprint density at radius 2 is 2.08 bits per heavy atom. The fourth-order valence-electron chi connectivity index (χ4n) is 0.865. The minimum atomic E-state index is 0.509. The largest absolute Gasteiger partial charge is 0.482 e. The van der Waals surface area contributed by atoms with E-state index in [1.54, 1.807) is 25.2 Å². The normalized spacial score (nSPS) is 16.9. The van der Waals surface area contributed by atoms with E-state index in [0.717, 1.165) is 0 Å². The third kappa shape index (κ3) is 1.42. The van der Waals surface area contributed by atoms with E-state index in [-0.39, 0.29) is 0 Å². The predicted molar refractivity (Wildman–Crippen MR) is 46.4 cm³/mol. The average molecular weight is 168 g/mol. The summed E-state index contributed by atoms with van der Waals surface area (Å²) in [6.07, 6.45) is 1.70. The number of hydrogen-bond donors (Lipinski definition) is 0. The minimum absolute atomic E-state index is 0.509. The smallest absolute Gasteiger partial charge is 0.220 e. The van der Waals surface area contributed by atoms with Gasteiger partial charge >= 0.3 is 0 Å². The summed E-state index contributed by atoms with van der Waals surface area (Å²) in [4.78, 5) is 5.79. The monoisotopic (exact) mass is 168 g/mol. The van der Waals surface area contributed by atoms with Gasteiger partial charge in [-0.1, -0.05) is 6.58 Å². The molecule has 0 N–H and O–H groups in total. The molecule has 0 aromatic rings. The lowest BCUT2D eigenvalue weighted by atomic mass is 10.4. The van der Waals surface area contributed by atoms with E-state index in [4.69, 9.17) is 9.47 Å². The third-order valence-corrected chi connectivity index (χ3v) is 1.62. The van der Waals surface area contributed by atoms with Gasteiger partial charge in [-0.05, 0) is 0 Å². The molecule has 4 heteroatoms. The van der Waals surface area contributed by atoms with Gasteiger partial charge in [0.2, 0.25) is 5.90 Å². The molecule has 0 amide bonds. The molecule has 0 radical (unpaired) electrons. The Kier molecular flexibility index (Phi) is 2.38. The van der Waals surface area contributed by atoms with Gasteiger partial charge in [-0.25, -0.2) is 0 Å². The second kappa shape index (κ2) is 3.30. The highest BCUT2D eigenvalue weighted by Crippen LogP contribution is 2.16. The van der Waals surface area contributed by atoms with E-state index in [0.29, 0.717) is 17.6 Å².